The van der Waals surface area contributed by atoms with E-state index in [2.05, 4.69) is 92.6 Å². The zero-order valence-electron chi connectivity index (χ0n) is 23.0. The number of rotatable bonds is 8. The summed E-state index contributed by atoms with van der Waals surface area (Å²) in [7, 11) is -4.35. The van der Waals surface area contributed by atoms with Gasteiger partial charge in [-0.25, -0.2) is 0 Å². The molecule has 2 aromatic carbocycles. The molecule has 0 N–H and O–H groups in total. The summed E-state index contributed by atoms with van der Waals surface area (Å²) in [4.78, 5) is 0. The molecule has 0 unspecified atom stereocenters. The van der Waals surface area contributed by atoms with Gasteiger partial charge in [0, 0.05) is 0 Å². The molecule has 0 spiro atoms. The molecule has 186 valence electrons. The Hall–Kier alpha value is -1.21. The molecule has 4 heteroatoms. The highest BCUT2D eigenvalue weighted by atomic mass is 28.4. The second-order valence-electron chi connectivity index (χ2n) is 11.8. The number of unbranched alkanes of at least 4 members (excludes halogenated alkanes) is 1. The van der Waals surface area contributed by atoms with Crippen LogP contribution in [0.15, 0.2) is 30.3 Å². The van der Waals surface area contributed by atoms with Crippen LogP contribution in [-0.2, 0) is 28.5 Å². The lowest BCUT2D eigenvalue weighted by Crippen LogP contribution is -2.58. The zero-order valence-corrected chi connectivity index (χ0v) is 25.0. The van der Waals surface area contributed by atoms with Gasteiger partial charge < -0.3 is 8.85 Å². The smallest absolute Gasteiger partial charge is 0.230 e. The summed E-state index contributed by atoms with van der Waals surface area (Å²) in [6.45, 7) is 23.2. The van der Waals surface area contributed by atoms with Gasteiger partial charge in [-0.05, 0) is 73.2 Å². The van der Waals surface area contributed by atoms with Gasteiger partial charge in [0.1, 0.15) is 0 Å². The molecular weight excluding hydrogens is 449 g/mol. The summed E-state index contributed by atoms with van der Waals surface area (Å²) < 4.78 is 14.2. The number of hydrogen-bond acceptors (Lipinski definition) is 2. The van der Waals surface area contributed by atoms with E-state index >= 15 is 0 Å². The monoisotopic (exact) mass is 494 g/mol. The molecule has 2 aromatic rings. The predicted molar refractivity (Wildman–Crippen MR) is 151 cm³/mol. The van der Waals surface area contributed by atoms with Gasteiger partial charge in [-0.15, -0.1) is 0 Å². The molecule has 34 heavy (non-hydrogen) atoms. The lowest BCUT2D eigenvalue weighted by Gasteiger charge is -2.39. The summed E-state index contributed by atoms with van der Waals surface area (Å²) in [6, 6.07) is 11.2. The lowest BCUT2D eigenvalue weighted by atomic mass is 9.89. The average Bonchev–Trinajstić information content (AvgIpc) is 3.38. The fraction of sp³-hybridized carbons (Fsp3) is 0.600. The first-order valence-corrected chi connectivity index (χ1v) is 17.8. The van der Waals surface area contributed by atoms with Crippen molar-refractivity contribution >= 4 is 27.0 Å². The van der Waals surface area contributed by atoms with Gasteiger partial charge in [0.15, 0.2) is 0 Å². The Bertz CT molecular complexity index is 1010. The third-order valence-electron chi connectivity index (χ3n) is 8.78. The van der Waals surface area contributed by atoms with Gasteiger partial charge in [-0.3, -0.25) is 0 Å². The maximum atomic E-state index is 7.13. The van der Waals surface area contributed by atoms with Gasteiger partial charge in [0.25, 0.3) is 0 Å². The normalized spacial score (nSPS) is 18.4. The van der Waals surface area contributed by atoms with Gasteiger partial charge in [-0.1, -0.05) is 99.1 Å². The maximum absolute atomic E-state index is 7.13. The van der Waals surface area contributed by atoms with Crippen LogP contribution in [0.5, 0.6) is 0 Å². The van der Waals surface area contributed by atoms with E-state index in [0.717, 1.165) is 19.6 Å². The summed E-state index contributed by atoms with van der Waals surface area (Å²) in [5.41, 5.74) is 9.73. The van der Waals surface area contributed by atoms with Crippen molar-refractivity contribution in [1.29, 1.82) is 0 Å². The molecule has 0 atom stereocenters. The highest BCUT2D eigenvalue weighted by Gasteiger charge is 2.57. The first-order chi connectivity index (χ1) is 16.1. The fourth-order valence-corrected chi connectivity index (χ4v) is 17.6. The summed E-state index contributed by atoms with van der Waals surface area (Å²) in [5, 5.41) is 3.30. The van der Waals surface area contributed by atoms with Crippen molar-refractivity contribution in [2.45, 2.75) is 117 Å². The minimum Gasteiger partial charge on any atom is -0.408 e. The van der Waals surface area contributed by atoms with Crippen LogP contribution in [0.2, 0.25) is 22.2 Å². The summed E-state index contributed by atoms with van der Waals surface area (Å²) >= 11 is 0. The van der Waals surface area contributed by atoms with Crippen LogP contribution in [0.3, 0.4) is 0 Å². The molecule has 0 saturated heterocycles. The molecule has 2 nitrogen and oxygen atoms in total. The molecule has 2 aliphatic heterocycles. The van der Waals surface area contributed by atoms with Crippen LogP contribution >= 0.6 is 0 Å². The third kappa shape index (κ3) is 3.63. The van der Waals surface area contributed by atoms with Crippen molar-refractivity contribution in [3.63, 3.8) is 0 Å². The van der Waals surface area contributed by atoms with E-state index in [-0.39, 0.29) is 0 Å². The molecule has 4 rings (SSSR count). The van der Waals surface area contributed by atoms with Gasteiger partial charge in [-0.2, -0.15) is 0 Å². The highest BCUT2D eigenvalue weighted by molar-refractivity contribution is 6.94. The minimum absolute atomic E-state index is 0.540. The van der Waals surface area contributed by atoms with Crippen LogP contribution in [0, 0.1) is 0 Å². The molecule has 0 aromatic heterocycles. The van der Waals surface area contributed by atoms with Gasteiger partial charge in [0.05, 0.1) is 13.2 Å². The lowest BCUT2D eigenvalue weighted by molar-refractivity contribution is 0.297. The summed E-state index contributed by atoms with van der Waals surface area (Å²) in [5.74, 6) is 0. The van der Waals surface area contributed by atoms with Crippen LogP contribution < -0.4 is 10.4 Å². The van der Waals surface area contributed by atoms with Crippen LogP contribution in [0.1, 0.15) is 91.8 Å². The molecule has 2 aliphatic rings. The summed E-state index contributed by atoms with van der Waals surface area (Å²) in [6.07, 6.45) is 3.58. The Labute approximate surface area is 210 Å². The highest BCUT2D eigenvalue weighted by Crippen LogP contribution is 2.47. The molecule has 0 fully saturated rings. The molecule has 2 heterocycles. The number of fused-ring (bicyclic) bond motifs is 3. The van der Waals surface area contributed by atoms with Crippen molar-refractivity contribution < 1.29 is 8.85 Å². The third-order valence-corrected chi connectivity index (χ3v) is 19.7. The van der Waals surface area contributed by atoms with E-state index in [1.54, 1.807) is 21.5 Å². The van der Waals surface area contributed by atoms with E-state index in [1.807, 2.05) is 0 Å². The quantitative estimate of drug-likeness (QED) is 0.350. The maximum Gasteiger partial charge on any atom is 0.230 e. The van der Waals surface area contributed by atoms with Crippen LogP contribution in [0.25, 0.3) is 11.1 Å². The number of hydrogen-bond donors (Lipinski definition) is 0. The van der Waals surface area contributed by atoms with Crippen LogP contribution in [-0.4, -0.2) is 16.6 Å². The molecule has 0 amide bonds. The Morgan fingerprint density at radius 2 is 1.21 bits per heavy atom. The molecule has 0 radical (unpaired) electrons. The molecule has 0 saturated carbocycles. The largest absolute Gasteiger partial charge is 0.408 e. The second-order valence-corrected chi connectivity index (χ2v) is 21.2. The van der Waals surface area contributed by atoms with E-state index in [4.69, 9.17) is 8.85 Å². The van der Waals surface area contributed by atoms with Crippen molar-refractivity contribution in [2.75, 3.05) is 0 Å². The number of benzene rings is 2. The van der Waals surface area contributed by atoms with Crippen molar-refractivity contribution in [3.8, 4) is 11.1 Å². The SMILES string of the molecule is CCCCc1c(-c2ccccc2)c2c(c3c1[Si](C(C)C)(C(C)C)OC3)[Si](C(C)C)(C(C)C)OC2. The van der Waals surface area contributed by atoms with Crippen molar-refractivity contribution in [2.24, 2.45) is 0 Å². The first kappa shape index (κ1) is 25.9. The molecule has 0 aliphatic carbocycles. The van der Waals surface area contributed by atoms with Crippen molar-refractivity contribution in [1.82, 2.24) is 0 Å². The Balaban J connectivity index is 2.20. The van der Waals surface area contributed by atoms with Gasteiger partial charge >= 0.3 is 0 Å². The average molecular weight is 495 g/mol. The fourth-order valence-electron chi connectivity index (χ4n) is 7.39. The first-order valence-electron chi connectivity index (χ1n) is 13.7. The minimum atomic E-state index is -2.17. The second kappa shape index (κ2) is 9.68. The predicted octanol–water partition coefficient (Wildman–Crippen LogP) is 7.70. The van der Waals surface area contributed by atoms with E-state index < -0.39 is 16.6 Å². The van der Waals surface area contributed by atoms with Crippen molar-refractivity contribution in [3.05, 3.63) is 47.0 Å². The zero-order chi connectivity index (χ0) is 24.8. The Kier molecular flexibility index (Phi) is 7.37. The Morgan fingerprint density at radius 3 is 1.71 bits per heavy atom. The van der Waals surface area contributed by atoms with E-state index in [9.17, 15) is 0 Å². The van der Waals surface area contributed by atoms with E-state index in [0.29, 0.717) is 22.2 Å². The standard InChI is InChI=1S/C30H46O2Si2/c1-10-11-17-25-28(24-15-13-12-14-16-24)26-18-31-34(22(6)7,23(8)9)30(26)27-19-32-33(20(2)3,21(4)5)29(25)27/h12-16,20-23H,10-11,17-19H2,1-9H3. The topological polar surface area (TPSA) is 18.5 Å². The van der Waals surface area contributed by atoms with E-state index in [1.165, 1.54) is 29.5 Å². The van der Waals surface area contributed by atoms with Gasteiger partial charge in [0.2, 0.25) is 16.6 Å². The Morgan fingerprint density at radius 1 is 0.706 bits per heavy atom. The molecular formula is C30H46O2Si2. The molecule has 0 bridgehead atoms. The van der Waals surface area contributed by atoms with Crippen LogP contribution in [0.4, 0.5) is 0 Å².